The molecule has 0 saturated carbocycles. The molecule has 0 fully saturated rings. The van der Waals surface area contributed by atoms with E-state index in [2.05, 4.69) is 41.9 Å². The SMILES string of the molecule is N[C@@H](CCCCNC(=O)COCCOCCNC(=O)COCCOCCNC(=O)CC[C@H](NC(=O)CCCCCCCCCCCCCCc1nn[nH]n1)C(=O)O)C(=O)O. The third-order valence-corrected chi connectivity index (χ3v) is 9.17. The number of ether oxygens (including phenoxy) is 4. The summed E-state index contributed by atoms with van der Waals surface area (Å²) < 4.78 is 21.2. The summed E-state index contributed by atoms with van der Waals surface area (Å²) in [4.78, 5) is 70.4. The van der Waals surface area contributed by atoms with Crippen LogP contribution in [-0.2, 0) is 54.1 Å². The molecule has 1 heterocycles. The molecule has 0 unspecified atom stereocenters. The number of carbonyl (C=O) groups is 6. The Morgan fingerprint density at radius 1 is 0.550 bits per heavy atom. The van der Waals surface area contributed by atoms with E-state index in [0.29, 0.717) is 32.2 Å². The average Bonchev–Trinajstić information content (AvgIpc) is 3.74. The van der Waals surface area contributed by atoms with Crippen molar-refractivity contribution < 1.29 is 57.9 Å². The number of hydrogen-bond donors (Lipinski definition) is 8. The highest BCUT2D eigenvalue weighted by atomic mass is 16.5. The minimum absolute atomic E-state index is 0.0244. The van der Waals surface area contributed by atoms with Crippen molar-refractivity contribution in [3.63, 3.8) is 0 Å². The van der Waals surface area contributed by atoms with Gasteiger partial charge in [-0.25, -0.2) is 4.79 Å². The Bertz CT molecular complexity index is 1290. The zero-order valence-corrected chi connectivity index (χ0v) is 35.3. The predicted octanol–water partition coefficient (Wildman–Crippen LogP) is 1.16. The smallest absolute Gasteiger partial charge is 0.326 e. The molecule has 0 bridgehead atoms. The molecule has 0 aromatic carbocycles. The van der Waals surface area contributed by atoms with E-state index < -0.39 is 24.0 Å². The molecule has 0 aliphatic heterocycles. The number of tetrazole rings is 1. The van der Waals surface area contributed by atoms with Gasteiger partial charge in [0.05, 0.1) is 39.6 Å². The van der Waals surface area contributed by atoms with Crippen LogP contribution >= 0.6 is 0 Å². The summed E-state index contributed by atoms with van der Waals surface area (Å²) in [6.45, 7) is 1.82. The van der Waals surface area contributed by atoms with Crippen molar-refractivity contribution in [2.45, 2.75) is 134 Å². The van der Waals surface area contributed by atoms with Crippen molar-refractivity contribution in [2.75, 3.05) is 72.5 Å². The van der Waals surface area contributed by atoms with Gasteiger partial charge in [-0.1, -0.05) is 69.4 Å². The quantitative estimate of drug-likeness (QED) is 0.0428. The second kappa shape index (κ2) is 37.7. The molecule has 1 aromatic rings. The molecule has 4 amide bonds. The first-order valence-corrected chi connectivity index (χ1v) is 21.4. The number of aromatic nitrogens is 4. The molecule has 344 valence electrons. The first-order chi connectivity index (χ1) is 29.1. The lowest BCUT2D eigenvalue weighted by atomic mass is 10.0. The third-order valence-electron chi connectivity index (χ3n) is 9.17. The number of H-pyrrole nitrogens is 1. The van der Waals surface area contributed by atoms with E-state index in [9.17, 15) is 33.9 Å². The van der Waals surface area contributed by atoms with Crippen LogP contribution in [0.15, 0.2) is 0 Å². The van der Waals surface area contributed by atoms with Crippen molar-refractivity contribution >= 4 is 35.6 Å². The number of amides is 4. The molecule has 0 saturated heterocycles. The lowest BCUT2D eigenvalue weighted by molar-refractivity contribution is -0.142. The molecule has 1 aromatic heterocycles. The molecular formula is C39H71N9O12. The summed E-state index contributed by atoms with van der Waals surface area (Å²) in [5.74, 6) is -2.74. The highest BCUT2D eigenvalue weighted by Crippen LogP contribution is 2.13. The zero-order valence-electron chi connectivity index (χ0n) is 35.3. The van der Waals surface area contributed by atoms with Crippen molar-refractivity contribution in [1.82, 2.24) is 41.9 Å². The highest BCUT2D eigenvalue weighted by Gasteiger charge is 2.21. The van der Waals surface area contributed by atoms with E-state index in [0.717, 1.165) is 37.9 Å². The van der Waals surface area contributed by atoms with E-state index >= 15 is 0 Å². The van der Waals surface area contributed by atoms with Gasteiger partial charge in [0.1, 0.15) is 25.3 Å². The van der Waals surface area contributed by atoms with E-state index in [1.165, 1.54) is 44.9 Å². The number of nitrogens with one attached hydrogen (secondary N) is 5. The maximum absolute atomic E-state index is 12.3. The number of aromatic amines is 1. The van der Waals surface area contributed by atoms with Gasteiger partial charge in [0.15, 0.2) is 5.82 Å². The number of carboxylic acid groups (broad SMARTS) is 2. The van der Waals surface area contributed by atoms with Crippen LogP contribution in [0.3, 0.4) is 0 Å². The second-order valence-corrected chi connectivity index (χ2v) is 14.4. The Balaban J connectivity index is 1.89. The summed E-state index contributed by atoms with van der Waals surface area (Å²) in [6, 6.07) is -2.03. The normalized spacial score (nSPS) is 12.1. The van der Waals surface area contributed by atoms with E-state index in [-0.39, 0.29) is 109 Å². The van der Waals surface area contributed by atoms with Gasteiger partial charge in [-0.3, -0.25) is 24.0 Å². The topological polar surface area (TPSA) is 308 Å². The molecule has 2 atom stereocenters. The highest BCUT2D eigenvalue weighted by molar-refractivity contribution is 5.84. The molecule has 9 N–H and O–H groups in total. The van der Waals surface area contributed by atoms with Crippen molar-refractivity contribution in [3.05, 3.63) is 5.82 Å². The van der Waals surface area contributed by atoms with Crippen molar-refractivity contribution in [2.24, 2.45) is 5.73 Å². The second-order valence-electron chi connectivity index (χ2n) is 14.4. The van der Waals surface area contributed by atoms with Crippen LogP contribution in [0.4, 0.5) is 0 Å². The van der Waals surface area contributed by atoms with E-state index in [1.807, 2.05) is 0 Å². The minimum Gasteiger partial charge on any atom is -0.480 e. The fourth-order valence-electron chi connectivity index (χ4n) is 5.75. The zero-order chi connectivity index (χ0) is 43.9. The number of nitrogens with two attached hydrogens (primary N) is 1. The van der Waals surface area contributed by atoms with Crippen LogP contribution in [0, 0.1) is 0 Å². The summed E-state index contributed by atoms with van der Waals surface area (Å²) in [6.07, 6.45) is 16.0. The Morgan fingerprint density at radius 3 is 1.60 bits per heavy atom. The van der Waals surface area contributed by atoms with Crippen LogP contribution in [0.5, 0.6) is 0 Å². The molecule has 21 nitrogen and oxygen atoms in total. The largest absolute Gasteiger partial charge is 0.480 e. The standard InChI is InChI=1S/C39H71N9O12/c40-31(38(53)54)15-13-14-20-41-36(51)29-59-27-26-58-24-22-43-37(52)30-60-28-25-57-23-21-42-34(49)19-18-32(39(55)56)44-35(50)17-12-10-8-6-4-2-1-3-5-7-9-11-16-33-45-47-48-46-33/h31-32H,1-30,40H2,(H,41,51)(H,42,49)(H,43,52)(H,44,50)(H,53,54)(H,55,56)(H,45,46,47,48)/t31-,32-/m0/s1. The molecule has 0 radical (unpaired) electrons. The van der Waals surface area contributed by atoms with Crippen molar-refractivity contribution in [3.8, 4) is 0 Å². The monoisotopic (exact) mass is 858 g/mol. The summed E-state index contributed by atoms with van der Waals surface area (Å²) in [5, 5.41) is 42.7. The van der Waals surface area contributed by atoms with Crippen LogP contribution in [0.25, 0.3) is 0 Å². The van der Waals surface area contributed by atoms with E-state index in [4.69, 9.17) is 29.8 Å². The van der Waals surface area contributed by atoms with Gasteiger partial charge in [-0.05, 0) is 38.5 Å². The van der Waals surface area contributed by atoms with E-state index in [1.54, 1.807) is 0 Å². The fourth-order valence-corrected chi connectivity index (χ4v) is 5.75. The van der Waals surface area contributed by atoms with Gasteiger partial charge < -0.3 is 56.2 Å². The van der Waals surface area contributed by atoms with Gasteiger partial charge in [0.2, 0.25) is 23.6 Å². The van der Waals surface area contributed by atoms with Gasteiger partial charge in [0.25, 0.3) is 0 Å². The van der Waals surface area contributed by atoms with Crippen LogP contribution in [0.1, 0.15) is 121 Å². The number of nitrogens with zero attached hydrogens (tertiary/aromatic N) is 3. The molecule has 0 spiro atoms. The number of unbranched alkanes of at least 4 members (excludes halogenated alkanes) is 12. The number of rotatable bonds is 42. The number of aryl methyl sites for hydroxylation is 1. The number of aliphatic carboxylic acids is 2. The fraction of sp³-hybridized carbons (Fsp3) is 0.821. The Hall–Kier alpha value is -4.31. The van der Waals surface area contributed by atoms with Gasteiger partial charge in [0, 0.05) is 38.9 Å². The van der Waals surface area contributed by atoms with Gasteiger partial charge in [-0.2, -0.15) is 5.21 Å². The van der Waals surface area contributed by atoms with Crippen molar-refractivity contribution in [1.29, 1.82) is 0 Å². The first kappa shape index (κ1) is 53.7. The summed E-state index contributed by atoms with van der Waals surface area (Å²) >= 11 is 0. The maximum Gasteiger partial charge on any atom is 0.326 e. The molecule has 0 aliphatic rings. The Labute approximate surface area is 353 Å². The Morgan fingerprint density at radius 2 is 1.07 bits per heavy atom. The first-order valence-electron chi connectivity index (χ1n) is 21.4. The maximum atomic E-state index is 12.3. The summed E-state index contributed by atoms with van der Waals surface area (Å²) in [7, 11) is 0. The van der Waals surface area contributed by atoms with Gasteiger partial charge in [-0.15, -0.1) is 10.2 Å². The van der Waals surface area contributed by atoms with Crippen LogP contribution in [0.2, 0.25) is 0 Å². The van der Waals surface area contributed by atoms with Crippen LogP contribution < -0.4 is 27.0 Å². The number of hydrogen-bond acceptors (Lipinski definition) is 14. The molecule has 0 aliphatic carbocycles. The molecule has 21 heteroatoms. The molecular weight excluding hydrogens is 786 g/mol. The average molecular weight is 858 g/mol. The molecule has 60 heavy (non-hydrogen) atoms. The molecule has 1 rings (SSSR count). The Kier molecular flexibility index (Phi) is 33.7. The number of carboxylic acids is 2. The predicted molar refractivity (Wildman–Crippen MR) is 218 cm³/mol. The number of carbonyl (C=O) groups excluding carboxylic acids is 4. The van der Waals surface area contributed by atoms with Gasteiger partial charge >= 0.3 is 11.9 Å². The van der Waals surface area contributed by atoms with Crippen LogP contribution in [-0.4, -0.2) is 151 Å². The minimum atomic E-state index is -1.18. The summed E-state index contributed by atoms with van der Waals surface area (Å²) in [5.41, 5.74) is 5.42. The lowest BCUT2D eigenvalue weighted by Crippen LogP contribution is -2.41. The lowest BCUT2D eigenvalue weighted by Gasteiger charge is -2.14. The third kappa shape index (κ3) is 33.5.